The molecule has 1 saturated carbocycles. The Labute approximate surface area is 130 Å². The smallest absolute Gasteiger partial charge is 0.133 e. The Morgan fingerprint density at radius 2 is 2.15 bits per heavy atom. The molecule has 3 N–H and O–H groups in total. The summed E-state index contributed by atoms with van der Waals surface area (Å²) >= 11 is 3.54. The van der Waals surface area contributed by atoms with E-state index in [0.29, 0.717) is 6.04 Å². The average molecular weight is 341 g/mol. The molecule has 2 rings (SSSR count). The van der Waals surface area contributed by atoms with Gasteiger partial charge in [-0.25, -0.2) is 0 Å². The molecule has 1 aliphatic rings. The molecule has 4 heteroatoms. The fourth-order valence-electron chi connectivity index (χ4n) is 3.10. The predicted octanol–water partition coefficient (Wildman–Crippen LogP) is 3.80. The van der Waals surface area contributed by atoms with E-state index in [4.69, 9.17) is 10.6 Å². The maximum absolute atomic E-state index is 5.71. The van der Waals surface area contributed by atoms with Crippen LogP contribution in [0.15, 0.2) is 22.7 Å². The van der Waals surface area contributed by atoms with Gasteiger partial charge in [0, 0.05) is 6.04 Å². The zero-order valence-corrected chi connectivity index (χ0v) is 13.8. The minimum atomic E-state index is 0.357. The molecule has 1 aromatic rings. The number of halogens is 1. The van der Waals surface area contributed by atoms with Crippen LogP contribution in [0, 0.1) is 5.92 Å². The number of benzene rings is 1. The molecule has 20 heavy (non-hydrogen) atoms. The molecule has 0 amide bonds. The quantitative estimate of drug-likeness (QED) is 0.586. The van der Waals surface area contributed by atoms with Crippen LogP contribution >= 0.6 is 15.9 Å². The van der Waals surface area contributed by atoms with E-state index in [1.165, 1.54) is 37.7 Å². The number of methoxy groups -OCH3 is 1. The maximum Gasteiger partial charge on any atom is 0.133 e. The second-order valence-electron chi connectivity index (χ2n) is 5.76. The average Bonchev–Trinajstić information content (AvgIpc) is 2.97. The molecule has 0 aliphatic heterocycles. The Balaban J connectivity index is 1.86. The highest BCUT2D eigenvalue weighted by atomic mass is 79.9. The SMILES string of the molecule is COc1ccc(CC(CCC2CCCC2)NN)cc1Br. The van der Waals surface area contributed by atoms with Crippen molar-refractivity contribution in [3.05, 3.63) is 28.2 Å². The molecule has 0 heterocycles. The zero-order chi connectivity index (χ0) is 14.4. The predicted molar refractivity (Wildman–Crippen MR) is 86.7 cm³/mol. The second kappa shape index (κ2) is 8.01. The monoisotopic (exact) mass is 340 g/mol. The first-order chi connectivity index (χ1) is 9.72. The molecule has 112 valence electrons. The van der Waals surface area contributed by atoms with E-state index >= 15 is 0 Å². The van der Waals surface area contributed by atoms with E-state index in [9.17, 15) is 0 Å². The first-order valence-corrected chi connectivity index (χ1v) is 8.30. The van der Waals surface area contributed by atoms with Crippen LogP contribution in [0.5, 0.6) is 5.75 Å². The molecule has 1 atom stereocenters. The van der Waals surface area contributed by atoms with E-state index in [1.807, 2.05) is 6.07 Å². The van der Waals surface area contributed by atoms with Crippen LogP contribution in [-0.4, -0.2) is 13.2 Å². The standard InChI is InChI=1S/C16H25BrN2O/c1-20-16-9-7-13(11-15(16)17)10-14(19-18)8-6-12-4-2-3-5-12/h7,9,11-12,14,19H,2-6,8,10,18H2,1H3. The van der Waals surface area contributed by atoms with Crippen LogP contribution in [0.2, 0.25) is 0 Å². The van der Waals surface area contributed by atoms with Crippen LogP contribution in [0.4, 0.5) is 0 Å². The second-order valence-corrected chi connectivity index (χ2v) is 6.62. The Kier molecular flexibility index (Phi) is 6.33. The van der Waals surface area contributed by atoms with Crippen LogP contribution in [0.1, 0.15) is 44.1 Å². The lowest BCUT2D eigenvalue weighted by molar-refractivity contribution is 0.405. The summed E-state index contributed by atoms with van der Waals surface area (Å²) in [6, 6.07) is 6.60. The van der Waals surface area contributed by atoms with Gasteiger partial charge < -0.3 is 4.74 Å². The molecule has 0 bridgehead atoms. The largest absolute Gasteiger partial charge is 0.496 e. The summed E-state index contributed by atoms with van der Waals surface area (Å²) in [6.07, 6.45) is 9.06. The molecule has 0 aromatic heterocycles. The van der Waals surface area contributed by atoms with Gasteiger partial charge in [-0.2, -0.15) is 0 Å². The number of hydrogen-bond donors (Lipinski definition) is 2. The molecule has 0 spiro atoms. The van der Waals surface area contributed by atoms with Crippen molar-refractivity contribution in [2.24, 2.45) is 11.8 Å². The molecule has 1 unspecified atom stereocenters. The summed E-state index contributed by atoms with van der Waals surface area (Å²) in [7, 11) is 1.69. The van der Waals surface area contributed by atoms with Crippen molar-refractivity contribution < 1.29 is 4.74 Å². The summed E-state index contributed by atoms with van der Waals surface area (Å²) in [5.74, 6) is 7.51. The fraction of sp³-hybridized carbons (Fsp3) is 0.625. The summed E-state index contributed by atoms with van der Waals surface area (Å²) in [5, 5.41) is 0. The normalized spacial score (nSPS) is 17.4. The van der Waals surface area contributed by atoms with Crippen molar-refractivity contribution in [1.29, 1.82) is 0 Å². The number of hydrazine groups is 1. The minimum Gasteiger partial charge on any atom is -0.496 e. The van der Waals surface area contributed by atoms with Gasteiger partial charge in [-0.05, 0) is 58.8 Å². The van der Waals surface area contributed by atoms with Crippen molar-refractivity contribution >= 4 is 15.9 Å². The van der Waals surface area contributed by atoms with E-state index in [1.54, 1.807) is 7.11 Å². The Morgan fingerprint density at radius 1 is 1.40 bits per heavy atom. The van der Waals surface area contributed by atoms with Crippen molar-refractivity contribution in [3.8, 4) is 5.75 Å². The molecule has 1 fully saturated rings. The molecular weight excluding hydrogens is 316 g/mol. The van der Waals surface area contributed by atoms with Crippen LogP contribution in [-0.2, 0) is 6.42 Å². The van der Waals surface area contributed by atoms with Crippen LogP contribution in [0.3, 0.4) is 0 Å². The Hall–Kier alpha value is -0.580. The number of hydrogen-bond acceptors (Lipinski definition) is 3. The van der Waals surface area contributed by atoms with Crippen LogP contribution in [0.25, 0.3) is 0 Å². The minimum absolute atomic E-state index is 0.357. The van der Waals surface area contributed by atoms with Crippen molar-refractivity contribution in [3.63, 3.8) is 0 Å². The van der Waals surface area contributed by atoms with Gasteiger partial charge in [-0.1, -0.05) is 31.7 Å². The highest BCUT2D eigenvalue weighted by Crippen LogP contribution is 2.30. The Morgan fingerprint density at radius 3 is 2.75 bits per heavy atom. The Bertz CT molecular complexity index is 419. The lowest BCUT2D eigenvalue weighted by Gasteiger charge is -2.18. The van der Waals surface area contributed by atoms with Gasteiger partial charge >= 0.3 is 0 Å². The number of nitrogens with two attached hydrogens (primary N) is 1. The van der Waals surface area contributed by atoms with Gasteiger partial charge in [0.25, 0.3) is 0 Å². The van der Waals surface area contributed by atoms with Gasteiger partial charge in [0.15, 0.2) is 0 Å². The lowest BCUT2D eigenvalue weighted by atomic mass is 9.95. The third-order valence-electron chi connectivity index (χ3n) is 4.33. The number of rotatable bonds is 7. The third kappa shape index (κ3) is 4.47. The third-order valence-corrected chi connectivity index (χ3v) is 4.95. The fourth-order valence-corrected chi connectivity index (χ4v) is 3.69. The molecule has 1 aromatic carbocycles. The molecule has 3 nitrogen and oxygen atoms in total. The summed E-state index contributed by atoms with van der Waals surface area (Å²) in [5.41, 5.74) is 4.26. The van der Waals surface area contributed by atoms with Gasteiger partial charge in [0.2, 0.25) is 0 Å². The summed E-state index contributed by atoms with van der Waals surface area (Å²) < 4.78 is 6.26. The highest BCUT2D eigenvalue weighted by Gasteiger charge is 2.17. The summed E-state index contributed by atoms with van der Waals surface area (Å²) in [4.78, 5) is 0. The lowest BCUT2D eigenvalue weighted by Crippen LogP contribution is -2.37. The highest BCUT2D eigenvalue weighted by molar-refractivity contribution is 9.10. The zero-order valence-electron chi connectivity index (χ0n) is 12.2. The van der Waals surface area contributed by atoms with Crippen molar-refractivity contribution in [1.82, 2.24) is 5.43 Å². The topological polar surface area (TPSA) is 47.3 Å². The van der Waals surface area contributed by atoms with E-state index < -0.39 is 0 Å². The van der Waals surface area contributed by atoms with Crippen LogP contribution < -0.4 is 16.0 Å². The van der Waals surface area contributed by atoms with E-state index in [-0.39, 0.29) is 0 Å². The molecule has 0 radical (unpaired) electrons. The van der Waals surface area contributed by atoms with Gasteiger partial charge in [-0.15, -0.1) is 0 Å². The van der Waals surface area contributed by atoms with Gasteiger partial charge in [0.1, 0.15) is 5.75 Å². The summed E-state index contributed by atoms with van der Waals surface area (Å²) in [6.45, 7) is 0. The molecule has 0 saturated heterocycles. The first kappa shape index (κ1) is 15.8. The van der Waals surface area contributed by atoms with Gasteiger partial charge in [-0.3, -0.25) is 11.3 Å². The molecular formula is C16H25BrN2O. The van der Waals surface area contributed by atoms with Gasteiger partial charge in [0.05, 0.1) is 11.6 Å². The van der Waals surface area contributed by atoms with Crippen molar-refractivity contribution in [2.75, 3.05) is 7.11 Å². The number of ether oxygens (including phenoxy) is 1. The first-order valence-electron chi connectivity index (χ1n) is 7.51. The van der Waals surface area contributed by atoms with Crippen molar-refractivity contribution in [2.45, 2.75) is 51.0 Å². The number of nitrogens with one attached hydrogen (secondary N) is 1. The van der Waals surface area contributed by atoms with E-state index in [0.717, 1.165) is 29.0 Å². The molecule has 1 aliphatic carbocycles. The van der Waals surface area contributed by atoms with E-state index in [2.05, 4.69) is 33.5 Å². The maximum atomic E-state index is 5.71.